The average molecular weight is 412 g/mol. The normalized spacial score (nSPS) is 13.1. The summed E-state index contributed by atoms with van der Waals surface area (Å²) in [5, 5.41) is 2.09. The molecule has 1 aromatic carbocycles. The highest BCUT2D eigenvalue weighted by Gasteiger charge is 2.33. The maximum Gasteiger partial charge on any atom is 0.416 e. The van der Waals surface area contributed by atoms with Gasteiger partial charge in [0.1, 0.15) is 0 Å². The van der Waals surface area contributed by atoms with E-state index in [2.05, 4.69) is 39.3 Å². The summed E-state index contributed by atoms with van der Waals surface area (Å²) < 4.78 is 40.4. The Hall–Kier alpha value is -1.61. The molecule has 27 heavy (non-hydrogen) atoms. The van der Waals surface area contributed by atoms with Gasteiger partial charge >= 0.3 is 6.18 Å². The van der Waals surface area contributed by atoms with Gasteiger partial charge in [-0.1, -0.05) is 39.3 Å². The molecule has 0 saturated heterocycles. The highest BCUT2D eigenvalue weighted by molar-refractivity contribution is 6.92. The van der Waals surface area contributed by atoms with Crippen molar-refractivity contribution >= 4 is 26.5 Å². The van der Waals surface area contributed by atoms with Crippen molar-refractivity contribution in [2.24, 2.45) is 0 Å². The summed E-state index contributed by atoms with van der Waals surface area (Å²) in [7, 11) is -3.73. The lowest BCUT2D eigenvalue weighted by molar-refractivity contribution is -0.137. The molecule has 0 radical (unpaired) electrons. The lowest BCUT2D eigenvalue weighted by Crippen LogP contribution is -2.58. The SMILES string of the molecule is Cc1c([Si](C)(C)C)c(C)n(-c2ccc(C(F)(F)F)cc2)c(=O)c1[Si](C)(C)C. The lowest BCUT2D eigenvalue weighted by atomic mass is 10.1. The predicted octanol–water partition coefficient (Wildman–Crippen LogP) is 4.56. The van der Waals surface area contributed by atoms with Crippen molar-refractivity contribution in [3.8, 4) is 5.69 Å². The van der Waals surface area contributed by atoms with Gasteiger partial charge in [0.15, 0.2) is 0 Å². The highest BCUT2D eigenvalue weighted by atomic mass is 28.3. The number of benzene rings is 1. The van der Waals surface area contributed by atoms with E-state index in [1.807, 2.05) is 13.8 Å². The van der Waals surface area contributed by atoms with E-state index in [0.29, 0.717) is 5.69 Å². The highest BCUT2D eigenvalue weighted by Crippen LogP contribution is 2.29. The average Bonchev–Trinajstić information content (AvgIpc) is 2.43. The molecule has 0 unspecified atom stereocenters. The van der Waals surface area contributed by atoms with E-state index in [4.69, 9.17) is 0 Å². The zero-order chi connectivity index (χ0) is 20.9. The molecule has 2 nitrogen and oxygen atoms in total. The largest absolute Gasteiger partial charge is 0.416 e. The smallest absolute Gasteiger partial charge is 0.282 e. The monoisotopic (exact) mass is 411 g/mol. The Morgan fingerprint density at radius 2 is 1.26 bits per heavy atom. The lowest BCUT2D eigenvalue weighted by Gasteiger charge is -2.30. The molecule has 0 amide bonds. The van der Waals surface area contributed by atoms with Crippen molar-refractivity contribution in [3.05, 3.63) is 51.4 Å². The van der Waals surface area contributed by atoms with Gasteiger partial charge in [-0.25, -0.2) is 0 Å². The Morgan fingerprint density at radius 1 is 0.815 bits per heavy atom. The number of nitrogens with zero attached hydrogens (tertiary/aromatic N) is 1. The van der Waals surface area contributed by atoms with Crippen LogP contribution in [0.1, 0.15) is 16.8 Å². The van der Waals surface area contributed by atoms with E-state index in [1.54, 1.807) is 4.57 Å². The molecule has 0 aliphatic rings. The first-order chi connectivity index (χ1) is 12.1. The number of rotatable bonds is 3. The quantitative estimate of drug-likeness (QED) is 0.679. The van der Waals surface area contributed by atoms with Crippen molar-refractivity contribution in [2.75, 3.05) is 0 Å². The second-order valence-corrected chi connectivity index (χ2v) is 19.1. The van der Waals surface area contributed by atoms with Crippen LogP contribution in [-0.2, 0) is 6.18 Å². The zero-order valence-corrected chi connectivity index (χ0v) is 19.3. The predicted molar refractivity (Wildman–Crippen MR) is 112 cm³/mol. The van der Waals surface area contributed by atoms with Crippen LogP contribution < -0.4 is 15.9 Å². The molecule has 7 heteroatoms. The summed E-state index contributed by atoms with van der Waals surface area (Å²) in [6, 6.07) is 4.88. The summed E-state index contributed by atoms with van der Waals surface area (Å²) in [6.07, 6.45) is -4.39. The van der Waals surface area contributed by atoms with Crippen molar-refractivity contribution < 1.29 is 13.2 Å². The van der Waals surface area contributed by atoms with E-state index < -0.39 is 27.9 Å². The molecular formula is C20H28F3NOSi2. The summed E-state index contributed by atoms with van der Waals surface area (Å²) >= 11 is 0. The second kappa shape index (κ2) is 6.77. The third-order valence-electron chi connectivity index (χ3n) is 4.82. The fraction of sp³-hybridized carbons (Fsp3) is 0.450. The first kappa shape index (κ1) is 21.7. The maximum atomic E-state index is 13.4. The van der Waals surface area contributed by atoms with Crippen LogP contribution in [0.5, 0.6) is 0 Å². The van der Waals surface area contributed by atoms with Crippen molar-refractivity contribution in [2.45, 2.75) is 59.3 Å². The molecule has 2 aromatic rings. The van der Waals surface area contributed by atoms with Gasteiger partial charge in [0.05, 0.1) is 21.7 Å². The summed E-state index contributed by atoms with van der Waals surface area (Å²) in [6.45, 7) is 17.1. The topological polar surface area (TPSA) is 22.0 Å². The number of hydrogen-bond acceptors (Lipinski definition) is 1. The first-order valence-corrected chi connectivity index (χ1v) is 16.0. The van der Waals surface area contributed by atoms with E-state index in [9.17, 15) is 18.0 Å². The Kier molecular flexibility index (Phi) is 5.44. The van der Waals surface area contributed by atoms with Crippen LogP contribution in [0, 0.1) is 13.8 Å². The molecule has 1 aromatic heterocycles. The van der Waals surface area contributed by atoms with Crippen molar-refractivity contribution in [1.29, 1.82) is 0 Å². The number of aromatic nitrogens is 1. The summed E-state index contributed by atoms with van der Waals surface area (Å²) in [5.41, 5.74) is 1.62. The fourth-order valence-electron chi connectivity index (χ4n) is 4.03. The summed E-state index contributed by atoms with van der Waals surface area (Å²) in [5.74, 6) is 0. The fourth-order valence-corrected chi connectivity index (χ4v) is 8.61. The van der Waals surface area contributed by atoms with Crippen LogP contribution in [0.25, 0.3) is 5.69 Å². The van der Waals surface area contributed by atoms with Gasteiger partial charge in [0, 0.05) is 16.6 Å². The van der Waals surface area contributed by atoms with E-state index in [1.165, 1.54) is 17.3 Å². The van der Waals surface area contributed by atoms with Gasteiger partial charge in [-0.15, -0.1) is 0 Å². The molecule has 0 saturated carbocycles. The van der Waals surface area contributed by atoms with Crippen LogP contribution in [0.2, 0.25) is 39.3 Å². The van der Waals surface area contributed by atoms with E-state index in [0.717, 1.165) is 28.6 Å². The van der Waals surface area contributed by atoms with Crippen LogP contribution in [0.4, 0.5) is 13.2 Å². The number of pyridine rings is 1. The standard InChI is InChI=1S/C20H28F3NOSi2/c1-13-17(26(3,4)5)14(2)24(19(25)18(13)27(6,7)8)16-11-9-15(10-12-16)20(21,22)23/h9-12H,1-8H3. The van der Waals surface area contributed by atoms with Gasteiger partial charge in [-0.05, 0) is 48.9 Å². The van der Waals surface area contributed by atoms with Crippen LogP contribution in [0.3, 0.4) is 0 Å². The van der Waals surface area contributed by atoms with Gasteiger partial charge in [0.2, 0.25) is 0 Å². The molecule has 0 atom stereocenters. The molecule has 0 N–H and O–H groups in total. The Labute approximate surface area is 161 Å². The van der Waals surface area contributed by atoms with Gasteiger partial charge in [-0.2, -0.15) is 13.2 Å². The van der Waals surface area contributed by atoms with Gasteiger partial charge < -0.3 is 0 Å². The Bertz CT molecular complexity index is 915. The minimum absolute atomic E-state index is 0.0917. The van der Waals surface area contributed by atoms with Gasteiger partial charge in [-0.3, -0.25) is 9.36 Å². The van der Waals surface area contributed by atoms with Crippen LogP contribution in [0.15, 0.2) is 29.1 Å². The zero-order valence-electron chi connectivity index (χ0n) is 17.3. The molecule has 0 fully saturated rings. The van der Waals surface area contributed by atoms with Crippen LogP contribution in [-0.4, -0.2) is 20.7 Å². The third-order valence-corrected chi connectivity index (χ3v) is 9.14. The Balaban J connectivity index is 2.90. The first-order valence-electron chi connectivity index (χ1n) is 9.01. The molecule has 0 spiro atoms. The number of halogens is 3. The second-order valence-electron chi connectivity index (χ2n) is 9.15. The molecule has 0 aliphatic heterocycles. The van der Waals surface area contributed by atoms with E-state index >= 15 is 0 Å². The minimum atomic E-state index is -4.39. The molecule has 0 aliphatic carbocycles. The maximum absolute atomic E-state index is 13.4. The molecule has 2 rings (SSSR count). The van der Waals surface area contributed by atoms with Crippen molar-refractivity contribution in [3.63, 3.8) is 0 Å². The molecule has 148 valence electrons. The Morgan fingerprint density at radius 3 is 1.63 bits per heavy atom. The molecule has 1 heterocycles. The minimum Gasteiger partial charge on any atom is -0.282 e. The van der Waals surface area contributed by atoms with E-state index in [-0.39, 0.29) is 5.56 Å². The number of alkyl halides is 3. The number of hydrogen-bond donors (Lipinski definition) is 0. The summed E-state index contributed by atoms with van der Waals surface area (Å²) in [4.78, 5) is 13.4. The van der Waals surface area contributed by atoms with Crippen LogP contribution >= 0.6 is 0 Å². The third kappa shape index (κ3) is 4.13. The molecular weight excluding hydrogens is 383 g/mol. The molecule has 0 bridgehead atoms. The van der Waals surface area contributed by atoms with Crippen molar-refractivity contribution in [1.82, 2.24) is 4.57 Å². The van der Waals surface area contributed by atoms with Gasteiger partial charge in [0.25, 0.3) is 5.56 Å².